The zero-order chi connectivity index (χ0) is 22.3. The van der Waals surface area contributed by atoms with Crippen molar-refractivity contribution in [3.8, 4) is 0 Å². The van der Waals surface area contributed by atoms with Crippen molar-refractivity contribution < 1.29 is 35.1 Å². The Kier molecular flexibility index (Phi) is 6.31. The fourth-order valence-corrected chi connectivity index (χ4v) is 6.12. The monoisotopic (exact) mass is 433 g/mol. The van der Waals surface area contributed by atoms with Gasteiger partial charge in [0.25, 0.3) is 0 Å². The summed E-state index contributed by atoms with van der Waals surface area (Å²) in [6.07, 6.45) is -1.87. The van der Waals surface area contributed by atoms with E-state index in [1.807, 2.05) is 0 Å². The Morgan fingerprint density at radius 3 is 2.61 bits per heavy atom. The van der Waals surface area contributed by atoms with E-state index in [0.717, 1.165) is 43.4 Å². The van der Waals surface area contributed by atoms with Gasteiger partial charge in [0.1, 0.15) is 24.4 Å². The second-order valence-corrected chi connectivity index (χ2v) is 9.22. The molecule has 1 heterocycles. The first-order valence-corrected chi connectivity index (χ1v) is 11.1. The molecule has 1 saturated carbocycles. The predicted octanol–water partition coefficient (Wildman–Crippen LogP) is -0.780. The number of aliphatic hydroxyl groups is 5. The van der Waals surface area contributed by atoms with Crippen LogP contribution in [0.25, 0.3) is 0 Å². The number of carbonyl (C=O) groups is 2. The molecule has 0 amide bonds. The molecule has 1 saturated heterocycles. The smallest absolute Gasteiger partial charge is 0.234 e. The van der Waals surface area contributed by atoms with Crippen LogP contribution in [0.1, 0.15) is 53.6 Å². The van der Waals surface area contributed by atoms with Crippen LogP contribution in [0, 0.1) is 5.92 Å². The third-order valence-electron chi connectivity index (χ3n) is 7.69. The molecule has 0 aromatic heterocycles. The van der Waals surface area contributed by atoms with Gasteiger partial charge in [-0.25, -0.2) is 0 Å². The van der Waals surface area contributed by atoms with Crippen molar-refractivity contribution in [2.45, 2.75) is 74.4 Å². The quantitative estimate of drug-likeness (QED) is 0.242. The number of hydrogen-bond acceptors (Lipinski definition) is 8. The maximum absolute atomic E-state index is 13.1. The van der Waals surface area contributed by atoms with Crippen LogP contribution >= 0.6 is 0 Å². The molecule has 7 atom stereocenters. The van der Waals surface area contributed by atoms with Gasteiger partial charge in [-0.1, -0.05) is 31.0 Å². The molecule has 1 aliphatic heterocycles. The van der Waals surface area contributed by atoms with Crippen LogP contribution in [0.15, 0.2) is 18.2 Å². The molecule has 0 spiro atoms. The Morgan fingerprint density at radius 2 is 1.87 bits per heavy atom. The van der Waals surface area contributed by atoms with Gasteiger partial charge in [-0.15, -0.1) is 0 Å². The van der Waals surface area contributed by atoms with E-state index in [4.69, 9.17) is 5.11 Å². The molecule has 8 heteroatoms. The Morgan fingerprint density at radius 1 is 1.10 bits per heavy atom. The summed E-state index contributed by atoms with van der Waals surface area (Å²) in [5, 5.41) is 52.0. The highest BCUT2D eigenvalue weighted by atomic mass is 16.4. The predicted molar refractivity (Wildman–Crippen MR) is 111 cm³/mol. The number of piperidine rings is 1. The average Bonchev–Trinajstić information content (AvgIpc) is 2.80. The lowest BCUT2D eigenvalue weighted by atomic mass is 9.52. The molecular weight excluding hydrogens is 402 g/mol. The van der Waals surface area contributed by atoms with Crippen LogP contribution in [0.4, 0.5) is 0 Å². The van der Waals surface area contributed by atoms with E-state index >= 15 is 0 Å². The summed E-state index contributed by atoms with van der Waals surface area (Å²) in [4.78, 5) is 25.8. The fourth-order valence-electron chi connectivity index (χ4n) is 6.12. The van der Waals surface area contributed by atoms with Gasteiger partial charge in [-0.2, -0.15) is 0 Å². The van der Waals surface area contributed by atoms with Gasteiger partial charge in [0.2, 0.25) is 11.6 Å². The van der Waals surface area contributed by atoms with E-state index in [-0.39, 0.29) is 17.0 Å². The number of benzene rings is 1. The topological polar surface area (TPSA) is 147 Å². The number of carbonyl (C=O) groups excluding carboxylic acids is 2. The molecule has 8 nitrogen and oxygen atoms in total. The van der Waals surface area contributed by atoms with E-state index in [2.05, 4.69) is 11.4 Å². The second kappa shape index (κ2) is 8.69. The molecular formula is C23H31NO7. The van der Waals surface area contributed by atoms with E-state index in [9.17, 15) is 30.0 Å². The summed E-state index contributed by atoms with van der Waals surface area (Å²) in [6.45, 7) is 0.0601. The van der Waals surface area contributed by atoms with Crippen molar-refractivity contribution in [1.82, 2.24) is 5.32 Å². The largest absolute Gasteiger partial charge is 0.394 e. The number of ketones is 2. The van der Waals surface area contributed by atoms with Crippen LogP contribution in [0.5, 0.6) is 0 Å². The standard InChI is InChI=1S/C23H31NO7/c25-11-17(26)19(28)21(30)22(31)20(29)18(27)12-4-3-6-14-13(12)10-16-15-5-1-2-7-23(14,15)8-9-24-16/h3-4,6,15-17,19,21-22,24-26,28,30-31H,1-2,5,7-11H2/t15-,16+,17+,19+,21-,22-,23-/m0/s1. The molecule has 2 fully saturated rings. The SMILES string of the molecule is O=C(C(=O)[C@H](O)[C@@H](O)[C@H](O)[C@H](O)CO)c1cccc2c1C[C@H]1NCC[C@@]23CCCC[C@@H]13. The lowest BCUT2D eigenvalue weighted by Crippen LogP contribution is -2.59. The molecule has 4 rings (SSSR count). The summed E-state index contributed by atoms with van der Waals surface area (Å²) in [5.74, 6) is -1.66. The first-order valence-electron chi connectivity index (χ1n) is 11.1. The highest BCUT2D eigenvalue weighted by Gasteiger charge is 2.52. The van der Waals surface area contributed by atoms with Gasteiger partial charge in [0.15, 0.2) is 0 Å². The second-order valence-electron chi connectivity index (χ2n) is 9.22. The molecule has 2 bridgehead atoms. The minimum absolute atomic E-state index is 0.000642. The van der Waals surface area contributed by atoms with Crippen LogP contribution in [-0.2, 0) is 16.6 Å². The molecule has 0 radical (unpaired) electrons. The van der Waals surface area contributed by atoms with Crippen molar-refractivity contribution in [2.24, 2.45) is 5.92 Å². The van der Waals surface area contributed by atoms with Crippen LogP contribution in [-0.4, -0.2) is 80.7 Å². The summed E-state index contributed by atoms with van der Waals surface area (Å²) in [6, 6.07) is 5.65. The lowest BCUT2D eigenvalue weighted by molar-refractivity contribution is -0.143. The third kappa shape index (κ3) is 3.65. The van der Waals surface area contributed by atoms with Gasteiger partial charge in [0, 0.05) is 17.0 Å². The number of hydrogen-bond donors (Lipinski definition) is 6. The third-order valence-corrected chi connectivity index (χ3v) is 7.69. The first kappa shape index (κ1) is 22.5. The normalized spacial score (nSPS) is 31.0. The number of fused-ring (bicyclic) bond motifs is 1. The van der Waals surface area contributed by atoms with E-state index in [1.165, 1.54) is 6.42 Å². The van der Waals surface area contributed by atoms with Gasteiger partial charge >= 0.3 is 0 Å². The lowest BCUT2D eigenvalue weighted by Gasteiger charge is -2.56. The molecule has 31 heavy (non-hydrogen) atoms. The highest BCUT2D eigenvalue weighted by Crippen LogP contribution is 2.54. The summed E-state index contributed by atoms with van der Waals surface area (Å²) in [7, 11) is 0. The van der Waals surface area contributed by atoms with E-state index in [1.54, 1.807) is 12.1 Å². The first-order chi connectivity index (χ1) is 14.8. The Balaban J connectivity index is 1.65. The zero-order valence-electron chi connectivity index (χ0n) is 17.4. The van der Waals surface area contributed by atoms with Crippen molar-refractivity contribution in [2.75, 3.05) is 13.2 Å². The van der Waals surface area contributed by atoms with E-state index in [0.29, 0.717) is 12.3 Å². The molecule has 0 unspecified atom stereocenters. The summed E-state index contributed by atoms with van der Waals surface area (Å²) < 4.78 is 0. The summed E-state index contributed by atoms with van der Waals surface area (Å²) in [5.41, 5.74) is 2.18. The zero-order valence-corrected chi connectivity index (χ0v) is 17.4. The number of nitrogens with one attached hydrogen (secondary N) is 1. The molecule has 1 aromatic carbocycles. The molecule has 3 aliphatic rings. The van der Waals surface area contributed by atoms with Crippen molar-refractivity contribution >= 4 is 11.6 Å². The maximum atomic E-state index is 13.1. The Hall–Kier alpha value is -1.68. The minimum atomic E-state index is -2.21. The van der Waals surface area contributed by atoms with Gasteiger partial charge in [0.05, 0.1) is 6.61 Å². The Labute approximate surface area is 180 Å². The van der Waals surface area contributed by atoms with Crippen LogP contribution in [0.2, 0.25) is 0 Å². The van der Waals surface area contributed by atoms with Crippen LogP contribution < -0.4 is 5.32 Å². The van der Waals surface area contributed by atoms with Gasteiger partial charge < -0.3 is 30.8 Å². The van der Waals surface area contributed by atoms with Crippen molar-refractivity contribution in [3.63, 3.8) is 0 Å². The van der Waals surface area contributed by atoms with Crippen molar-refractivity contribution in [3.05, 3.63) is 34.9 Å². The fraction of sp³-hybridized carbons (Fsp3) is 0.652. The van der Waals surface area contributed by atoms with E-state index < -0.39 is 42.6 Å². The van der Waals surface area contributed by atoms with Gasteiger partial charge in [-0.3, -0.25) is 9.59 Å². The highest BCUT2D eigenvalue weighted by molar-refractivity contribution is 6.45. The molecule has 1 aromatic rings. The number of rotatable bonds is 7. The van der Waals surface area contributed by atoms with Gasteiger partial charge in [-0.05, 0) is 49.3 Å². The number of aliphatic hydroxyl groups excluding tert-OH is 5. The average molecular weight is 434 g/mol. The maximum Gasteiger partial charge on any atom is 0.234 e. The minimum Gasteiger partial charge on any atom is -0.394 e. The number of Topliss-reactive ketones (excluding diaryl/α,β-unsaturated/α-hetero) is 2. The van der Waals surface area contributed by atoms with Crippen LogP contribution in [0.3, 0.4) is 0 Å². The Bertz CT molecular complexity index is 854. The molecule has 2 aliphatic carbocycles. The molecule has 170 valence electrons. The molecule has 6 N–H and O–H groups in total. The summed E-state index contributed by atoms with van der Waals surface area (Å²) >= 11 is 0. The van der Waals surface area contributed by atoms with Crippen molar-refractivity contribution in [1.29, 1.82) is 0 Å².